The molecule has 140 valence electrons. The second-order valence-electron chi connectivity index (χ2n) is 5.22. The SMILES string of the molecule is COc1ccc(OC)c(/C=C/C(=O)NCCc2nnc(S(C)(=O)=O)o2)c1. The number of rotatable bonds is 8. The van der Waals surface area contributed by atoms with Crippen LogP contribution in [0.4, 0.5) is 0 Å². The minimum Gasteiger partial charge on any atom is -0.497 e. The molecule has 10 heteroatoms. The molecular formula is C16H19N3O6S. The number of aromatic nitrogens is 2. The highest BCUT2D eigenvalue weighted by Gasteiger charge is 2.16. The Morgan fingerprint density at radius 2 is 2.04 bits per heavy atom. The Morgan fingerprint density at radius 3 is 2.65 bits per heavy atom. The number of hydrogen-bond donors (Lipinski definition) is 1. The van der Waals surface area contributed by atoms with Crippen molar-refractivity contribution < 1.29 is 27.1 Å². The summed E-state index contributed by atoms with van der Waals surface area (Å²) in [6, 6.07) is 5.24. The number of amides is 1. The molecule has 0 atom stereocenters. The van der Waals surface area contributed by atoms with E-state index in [0.717, 1.165) is 6.26 Å². The van der Waals surface area contributed by atoms with Crippen LogP contribution in [0.5, 0.6) is 11.5 Å². The van der Waals surface area contributed by atoms with Crippen LogP contribution in [-0.2, 0) is 21.1 Å². The number of carbonyl (C=O) groups is 1. The Labute approximate surface area is 150 Å². The van der Waals surface area contributed by atoms with Gasteiger partial charge < -0.3 is 19.2 Å². The molecule has 9 nitrogen and oxygen atoms in total. The molecule has 1 amide bonds. The molecule has 0 aliphatic rings. The monoisotopic (exact) mass is 381 g/mol. The van der Waals surface area contributed by atoms with E-state index < -0.39 is 15.1 Å². The maximum atomic E-state index is 11.9. The van der Waals surface area contributed by atoms with E-state index >= 15 is 0 Å². The number of sulfone groups is 1. The number of hydrogen-bond acceptors (Lipinski definition) is 8. The Hall–Kier alpha value is -2.88. The number of ether oxygens (including phenoxy) is 2. The summed E-state index contributed by atoms with van der Waals surface area (Å²) in [7, 11) is -0.450. The van der Waals surface area contributed by atoms with Crippen molar-refractivity contribution in [2.45, 2.75) is 11.6 Å². The first-order valence-electron chi connectivity index (χ1n) is 7.54. The number of nitrogens with zero attached hydrogens (tertiary/aromatic N) is 2. The molecule has 0 aliphatic carbocycles. The van der Waals surface area contributed by atoms with Crippen molar-refractivity contribution in [1.29, 1.82) is 0 Å². The summed E-state index contributed by atoms with van der Waals surface area (Å²) in [5.41, 5.74) is 0.691. The van der Waals surface area contributed by atoms with Crippen molar-refractivity contribution >= 4 is 21.8 Å². The van der Waals surface area contributed by atoms with Gasteiger partial charge in [-0.3, -0.25) is 4.79 Å². The van der Waals surface area contributed by atoms with Gasteiger partial charge >= 0.3 is 5.22 Å². The van der Waals surface area contributed by atoms with Crippen LogP contribution in [0, 0.1) is 0 Å². The van der Waals surface area contributed by atoms with Crippen molar-refractivity contribution in [2.75, 3.05) is 27.0 Å². The molecule has 1 heterocycles. The van der Waals surface area contributed by atoms with Crippen LogP contribution in [0.2, 0.25) is 0 Å². The lowest BCUT2D eigenvalue weighted by atomic mass is 10.1. The van der Waals surface area contributed by atoms with Gasteiger partial charge in [-0.2, -0.15) is 0 Å². The van der Waals surface area contributed by atoms with Crippen LogP contribution in [-0.4, -0.2) is 51.5 Å². The molecule has 0 fully saturated rings. The zero-order chi connectivity index (χ0) is 19.2. The van der Waals surface area contributed by atoms with Crippen LogP contribution < -0.4 is 14.8 Å². The lowest BCUT2D eigenvalue weighted by molar-refractivity contribution is -0.116. The molecule has 0 aliphatic heterocycles. The van der Waals surface area contributed by atoms with Crippen LogP contribution in [0.3, 0.4) is 0 Å². The summed E-state index contributed by atoms with van der Waals surface area (Å²) >= 11 is 0. The highest BCUT2D eigenvalue weighted by molar-refractivity contribution is 7.90. The quantitative estimate of drug-likeness (QED) is 0.669. The average Bonchev–Trinajstić information content (AvgIpc) is 3.09. The molecule has 1 N–H and O–H groups in total. The fourth-order valence-corrected chi connectivity index (χ4v) is 2.41. The highest BCUT2D eigenvalue weighted by atomic mass is 32.2. The maximum Gasteiger partial charge on any atom is 0.335 e. The van der Waals surface area contributed by atoms with Crippen molar-refractivity contribution in [1.82, 2.24) is 15.5 Å². The summed E-state index contributed by atoms with van der Waals surface area (Å²) < 4.78 is 37.9. The second kappa shape index (κ2) is 8.48. The molecule has 0 spiro atoms. The van der Waals surface area contributed by atoms with Crippen LogP contribution >= 0.6 is 0 Å². The van der Waals surface area contributed by atoms with E-state index in [-0.39, 0.29) is 24.8 Å². The Bertz CT molecular complexity index is 904. The van der Waals surface area contributed by atoms with E-state index in [0.29, 0.717) is 17.1 Å². The molecule has 2 aromatic rings. The summed E-state index contributed by atoms with van der Waals surface area (Å²) in [5, 5.41) is 9.26. The zero-order valence-corrected chi connectivity index (χ0v) is 15.4. The van der Waals surface area contributed by atoms with E-state index in [1.165, 1.54) is 13.2 Å². The summed E-state index contributed by atoms with van der Waals surface area (Å²) in [4.78, 5) is 11.9. The van der Waals surface area contributed by atoms with Gasteiger partial charge in [0, 0.05) is 30.9 Å². The molecule has 0 bridgehead atoms. The topological polar surface area (TPSA) is 121 Å². The molecule has 0 radical (unpaired) electrons. The number of methoxy groups -OCH3 is 2. The van der Waals surface area contributed by atoms with E-state index in [2.05, 4.69) is 15.5 Å². The van der Waals surface area contributed by atoms with E-state index in [1.807, 2.05) is 0 Å². The predicted molar refractivity (Wildman–Crippen MR) is 92.7 cm³/mol. The van der Waals surface area contributed by atoms with Crippen LogP contribution in [0.15, 0.2) is 33.9 Å². The summed E-state index contributed by atoms with van der Waals surface area (Å²) in [6.07, 6.45) is 4.15. The summed E-state index contributed by atoms with van der Waals surface area (Å²) in [6.45, 7) is 0.212. The van der Waals surface area contributed by atoms with Gasteiger partial charge in [0.05, 0.1) is 14.2 Å². The molecular weight excluding hydrogens is 362 g/mol. The molecule has 0 saturated heterocycles. The smallest absolute Gasteiger partial charge is 0.335 e. The van der Waals surface area contributed by atoms with Crippen LogP contribution in [0.1, 0.15) is 11.5 Å². The van der Waals surface area contributed by atoms with Gasteiger partial charge in [-0.25, -0.2) is 8.42 Å². The van der Waals surface area contributed by atoms with Crippen molar-refractivity contribution in [3.8, 4) is 11.5 Å². The lowest BCUT2D eigenvalue weighted by Crippen LogP contribution is -2.23. The lowest BCUT2D eigenvalue weighted by Gasteiger charge is -2.07. The largest absolute Gasteiger partial charge is 0.497 e. The Balaban J connectivity index is 1.91. The second-order valence-corrected chi connectivity index (χ2v) is 7.11. The maximum absolute atomic E-state index is 11.9. The Morgan fingerprint density at radius 1 is 1.27 bits per heavy atom. The van der Waals surface area contributed by atoms with Gasteiger partial charge in [-0.05, 0) is 24.3 Å². The molecule has 0 unspecified atom stereocenters. The minimum atomic E-state index is -3.54. The standard InChI is InChI=1S/C16H19N3O6S/c1-23-12-5-6-13(24-2)11(10-12)4-7-14(20)17-9-8-15-18-19-16(25-15)26(3,21)22/h4-7,10H,8-9H2,1-3H3,(H,17,20)/b7-4+. The van der Waals surface area contributed by atoms with Gasteiger partial charge in [-0.1, -0.05) is 5.10 Å². The zero-order valence-electron chi connectivity index (χ0n) is 14.6. The highest BCUT2D eigenvalue weighted by Crippen LogP contribution is 2.24. The first-order chi connectivity index (χ1) is 12.3. The molecule has 1 aromatic heterocycles. The molecule has 2 rings (SSSR count). The number of benzene rings is 1. The van der Waals surface area contributed by atoms with E-state index in [4.69, 9.17) is 13.9 Å². The van der Waals surface area contributed by atoms with Crippen LogP contribution in [0.25, 0.3) is 6.08 Å². The van der Waals surface area contributed by atoms with Gasteiger partial charge in [0.15, 0.2) is 0 Å². The first-order valence-corrected chi connectivity index (χ1v) is 9.43. The minimum absolute atomic E-state index is 0.129. The number of carbonyl (C=O) groups excluding carboxylic acids is 1. The normalized spacial score (nSPS) is 11.5. The Kier molecular flexibility index (Phi) is 6.34. The van der Waals surface area contributed by atoms with Crippen molar-refractivity contribution in [3.63, 3.8) is 0 Å². The predicted octanol–water partition coefficient (Wildman–Crippen LogP) is 0.862. The van der Waals surface area contributed by atoms with E-state index in [9.17, 15) is 13.2 Å². The average molecular weight is 381 g/mol. The van der Waals surface area contributed by atoms with Gasteiger partial charge in [0.1, 0.15) is 11.5 Å². The molecule has 1 aromatic carbocycles. The van der Waals surface area contributed by atoms with Gasteiger partial charge in [0.25, 0.3) is 0 Å². The first kappa shape index (κ1) is 19.4. The van der Waals surface area contributed by atoms with Gasteiger partial charge in [-0.15, -0.1) is 5.10 Å². The van der Waals surface area contributed by atoms with Crippen molar-refractivity contribution in [3.05, 3.63) is 35.7 Å². The summed E-state index contributed by atoms with van der Waals surface area (Å²) in [5.74, 6) is 1.04. The molecule has 0 saturated carbocycles. The third-order valence-electron chi connectivity index (χ3n) is 3.25. The van der Waals surface area contributed by atoms with Crippen molar-refractivity contribution in [2.24, 2.45) is 0 Å². The molecule has 26 heavy (non-hydrogen) atoms. The van der Waals surface area contributed by atoms with E-state index in [1.54, 1.807) is 31.4 Å². The third kappa shape index (κ3) is 5.31. The fourth-order valence-electron chi connectivity index (χ4n) is 1.98. The van der Waals surface area contributed by atoms with Gasteiger partial charge in [0.2, 0.25) is 21.6 Å². The number of nitrogens with one attached hydrogen (secondary N) is 1. The fraction of sp³-hybridized carbons (Fsp3) is 0.312. The third-order valence-corrected chi connectivity index (χ3v) is 4.05.